The highest BCUT2D eigenvalue weighted by Crippen LogP contribution is 2.29. The lowest BCUT2D eigenvalue weighted by Gasteiger charge is -2.17. The van der Waals surface area contributed by atoms with E-state index in [-0.39, 0.29) is 17.3 Å². The average Bonchev–Trinajstić information content (AvgIpc) is 3.01. The zero-order chi connectivity index (χ0) is 21.1. The van der Waals surface area contributed by atoms with Crippen LogP contribution in [0.15, 0.2) is 35.3 Å². The second-order valence-electron chi connectivity index (χ2n) is 6.79. The van der Waals surface area contributed by atoms with E-state index in [1.54, 1.807) is 20.8 Å². The van der Waals surface area contributed by atoms with E-state index < -0.39 is 35.3 Å². The van der Waals surface area contributed by atoms with Crippen molar-refractivity contribution >= 4 is 17.7 Å². The number of carbonyl (C=O) groups is 1. The Hall–Kier alpha value is -2.98. The number of rotatable bonds is 3. The molecule has 0 atom stereocenters. The summed E-state index contributed by atoms with van der Waals surface area (Å²) in [4.78, 5) is 16.6. The van der Waals surface area contributed by atoms with E-state index in [9.17, 15) is 26.7 Å². The summed E-state index contributed by atoms with van der Waals surface area (Å²) in [6, 6.07) is 4.66. The van der Waals surface area contributed by atoms with Gasteiger partial charge in [0.05, 0.1) is 11.1 Å². The van der Waals surface area contributed by atoms with E-state index in [4.69, 9.17) is 0 Å². The minimum Gasteiger partial charge on any atom is -0.309 e. The Labute approximate surface area is 157 Å². The van der Waals surface area contributed by atoms with Crippen molar-refractivity contribution in [3.8, 4) is 0 Å². The van der Waals surface area contributed by atoms with Crippen molar-refractivity contribution in [2.75, 3.05) is 5.32 Å². The van der Waals surface area contributed by atoms with Crippen molar-refractivity contribution in [3.05, 3.63) is 47.2 Å². The van der Waals surface area contributed by atoms with Crippen LogP contribution in [0.4, 0.5) is 27.8 Å². The van der Waals surface area contributed by atoms with E-state index in [1.807, 2.05) is 0 Å². The van der Waals surface area contributed by atoms with E-state index in [0.29, 0.717) is 0 Å². The Morgan fingerprint density at radius 3 is 2.21 bits per heavy atom. The van der Waals surface area contributed by atoms with Crippen LogP contribution in [-0.2, 0) is 6.18 Å². The molecule has 2 aromatic rings. The van der Waals surface area contributed by atoms with Gasteiger partial charge in [-0.15, -0.1) is 0 Å². The number of amides is 1. The maximum atomic E-state index is 12.7. The molecule has 0 aliphatic heterocycles. The van der Waals surface area contributed by atoms with Gasteiger partial charge in [0, 0.05) is 11.6 Å². The third kappa shape index (κ3) is 6.03. The van der Waals surface area contributed by atoms with Crippen molar-refractivity contribution in [1.29, 1.82) is 0 Å². The van der Waals surface area contributed by atoms with Crippen LogP contribution in [-0.4, -0.2) is 27.6 Å². The summed E-state index contributed by atoms with van der Waals surface area (Å²) in [7, 11) is 0. The van der Waals surface area contributed by atoms with Gasteiger partial charge in [0.25, 0.3) is 12.3 Å². The molecule has 1 aromatic heterocycles. The number of alkyl halides is 5. The smallest absolute Gasteiger partial charge is 0.309 e. The zero-order valence-corrected chi connectivity index (χ0v) is 15.2. The molecule has 3 N–H and O–H groups in total. The Balaban J connectivity index is 2.20. The predicted molar refractivity (Wildman–Crippen MR) is 93.3 cm³/mol. The lowest BCUT2D eigenvalue weighted by Crippen LogP contribution is -2.38. The van der Waals surface area contributed by atoms with Crippen LogP contribution in [0.3, 0.4) is 0 Å². The van der Waals surface area contributed by atoms with Gasteiger partial charge >= 0.3 is 6.18 Å². The molecule has 28 heavy (non-hydrogen) atoms. The number of hydrogen-bond acceptors (Lipinski definition) is 3. The first kappa shape index (κ1) is 21.3. The predicted octanol–water partition coefficient (Wildman–Crippen LogP) is 4.36. The minimum atomic E-state index is -4.52. The highest BCUT2D eigenvalue weighted by Gasteiger charge is 2.30. The molecule has 11 heteroatoms. The van der Waals surface area contributed by atoms with Crippen LogP contribution in [0.25, 0.3) is 0 Å². The monoisotopic (exact) mass is 403 g/mol. The Bertz CT molecular complexity index is 850. The summed E-state index contributed by atoms with van der Waals surface area (Å²) < 4.78 is 63.2. The second kappa shape index (κ2) is 7.95. The number of nitrogens with one attached hydrogen (secondary N) is 3. The number of aromatic amines is 1. The fraction of sp³-hybridized carbons (Fsp3) is 0.353. The second-order valence-corrected chi connectivity index (χ2v) is 6.79. The van der Waals surface area contributed by atoms with Gasteiger partial charge in [-0.1, -0.05) is 0 Å². The first-order valence-electron chi connectivity index (χ1n) is 8.04. The summed E-state index contributed by atoms with van der Waals surface area (Å²) in [6.07, 6.45) is -7.27. The van der Waals surface area contributed by atoms with E-state index in [0.717, 1.165) is 30.3 Å². The molecule has 0 spiro atoms. The molecule has 0 radical (unpaired) electrons. The van der Waals surface area contributed by atoms with Crippen LogP contribution >= 0.6 is 0 Å². The normalized spacial score (nSPS) is 13.0. The fourth-order valence-electron chi connectivity index (χ4n) is 2.05. The first-order chi connectivity index (χ1) is 12.8. The SMILES string of the molecule is CC(C)(C)N=C(NC(=O)c1ccc(C(F)(F)F)cc1)Nc1cc(C(F)F)[nH]n1. The van der Waals surface area contributed by atoms with Crippen molar-refractivity contribution in [2.24, 2.45) is 4.99 Å². The van der Waals surface area contributed by atoms with Crippen LogP contribution in [0.2, 0.25) is 0 Å². The van der Waals surface area contributed by atoms with E-state index in [2.05, 4.69) is 25.8 Å². The number of H-pyrrole nitrogens is 1. The van der Waals surface area contributed by atoms with E-state index >= 15 is 0 Å². The molecule has 1 aromatic carbocycles. The van der Waals surface area contributed by atoms with Gasteiger partial charge in [-0.05, 0) is 45.0 Å². The van der Waals surface area contributed by atoms with Crippen LogP contribution in [0, 0.1) is 0 Å². The zero-order valence-electron chi connectivity index (χ0n) is 15.2. The maximum Gasteiger partial charge on any atom is 0.416 e. The van der Waals surface area contributed by atoms with E-state index in [1.165, 1.54) is 0 Å². The van der Waals surface area contributed by atoms with Gasteiger partial charge in [0.15, 0.2) is 5.82 Å². The van der Waals surface area contributed by atoms with Gasteiger partial charge in [-0.2, -0.15) is 18.3 Å². The number of aliphatic imine (C=N–C) groups is 1. The molecule has 152 valence electrons. The Morgan fingerprint density at radius 1 is 1.14 bits per heavy atom. The quantitative estimate of drug-likeness (QED) is 0.405. The molecule has 0 unspecified atom stereocenters. The minimum absolute atomic E-state index is 0.00832. The highest BCUT2D eigenvalue weighted by atomic mass is 19.4. The van der Waals surface area contributed by atoms with Gasteiger partial charge in [-0.25, -0.2) is 13.8 Å². The summed E-state index contributed by atoms with van der Waals surface area (Å²) >= 11 is 0. The van der Waals surface area contributed by atoms with Crippen LogP contribution in [0.5, 0.6) is 0 Å². The lowest BCUT2D eigenvalue weighted by molar-refractivity contribution is -0.137. The highest BCUT2D eigenvalue weighted by molar-refractivity contribution is 6.09. The molecule has 1 heterocycles. The molecule has 0 aliphatic rings. The van der Waals surface area contributed by atoms with Gasteiger partial charge in [0.2, 0.25) is 5.96 Å². The molecule has 0 fully saturated rings. The number of carbonyl (C=O) groups excluding carboxylic acids is 1. The fourth-order valence-corrected chi connectivity index (χ4v) is 2.05. The Kier molecular flexibility index (Phi) is 6.05. The molecule has 6 nitrogen and oxygen atoms in total. The largest absolute Gasteiger partial charge is 0.416 e. The van der Waals surface area contributed by atoms with Crippen LogP contribution in [0.1, 0.15) is 48.8 Å². The molecule has 1 amide bonds. The maximum absolute atomic E-state index is 12.7. The molecule has 0 saturated carbocycles. The molecule has 0 saturated heterocycles. The lowest BCUT2D eigenvalue weighted by atomic mass is 10.1. The molecular formula is C17H18F5N5O. The topological polar surface area (TPSA) is 82.2 Å². The van der Waals surface area contributed by atoms with Gasteiger partial charge in [-0.3, -0.25) is 15.2 Å². The first-order valence-corrected chi connectivity index (χ1v) is 8.04. The number of aromatic nitrogens is 2. The summed E-state index contributed by atoms with van der Waals surface area (Å²) in [6.45, 7) is 5.19. The van der Waals surface area contributed by atoms with Crippen molar-refractivity contribution < 1.29 is 26.7 Å². The summed E-state index contributed by atoms with van der Waals surface area (Å²) in [5.41, 5.74) is -2.00. The molecular weight excluding hydrogens is 385 g/mol. The van der Waals surface area contributed by atoms with Crippen molar-refractivity contribution in [3.63, 3.8) is 0 Å². The van der Waals surface area contributed by atoms with Crippen molar-refractivity contribution in [2.45, 2.75) is 38.9 Å². The molecule has 0 bridgehead atoms. The van der Waals surface area contributed by atoms with Crippen molar-refractivity contribution in [1.82, 2.24) is 15.5 Å². The number of benzene rings is 1. The number of guanidine groups is 1. The van der Waals surface area contributed by atoms with Crippen LogP contribution < -0.4 is 10.6 Å². The number of nitrogens with zero attached hydrogens (tertiary/aromatic N) is 2. The number of anilines is 1. The summed E-state index contributed by atoms with van der Waals surface area (Å²) in [5, 5.41) is 10.8. The molecule has 2 rings (SSSR count). The summed E-state index contributed by atoms with van der Waals surface area (Å²) in [5.74, 6) is -0.829. The molecule has 0 aliphatic carbocycles. The van der Waals surface area contributed by atoms with Gasteiger partial charge in [0.1, 0.15) is 5.69 Å². The number of halogens is 5. The third-order valence-electron chi connectivity index (χ3n) is 3.23. The van der Waals surface area contributed by atoms with Gasteiger partial charge < -0.3 is 5.32 Å². The third-order valence-corrected chi connectivity index (χ3v) is 3.23. The average molecular weight is 403 g/mol. The number of hydrogen-bond donors (Lipinski definition) is 3. The standard InChI is InChI=1S/C17H18F5N5O/c1-16(2,3)25-15(23-12-8-11(13(18)19)26-27-12)24-14(28)9-4-6-10(7-5-9)17(20,21)22/h4-8,13H,1-3H3,(H3,23,24,25,26,27,28). The Morgan fingerprint density at radius 2 is 1.75 bits per heavy atom.